The fraction of sp³-hybridized carbons (Fsp3) is 0.281. The van der Waals surface area contributed by atoms with Crippen LogP contribution in [0.4, 0.5) is 22.7 Å². The molecular formula is C57H60N4O. The highest BCUT2D eigenvalue weighted by atomic mass is 16.5. The molecule has 6 aromatic carbocycles. The van der Waals surface area contributed by atoms with E-state index >= 15 is 0 Å². The number of para-hydroxylation sites is 3. The minimum Gasteiger partial charge on any atom is -0.457 e. The normalized spacial score (nSPS) is 13.6. The van der Waals surface area contributed by atoms with Crippen molar-refractivity contribution >= 4 is 44.6 Å². The third-order valence-corrected chi connectivity index (χ3v) is 12.8. The van der Waals surface area contributed by atoms with E-state index in [9.17, 15) is 0 Å². The van der Waals surface area contributed by atoms with E-state index in [2.05, 4.69) is 236 Å². The van der Waals surface area contributed by atoms with Gasteiger partial charge in [-0.05, 0) is 105 Å². The maximum atomic E-state index is 7.06. The number of benzene rings is 6. The van der Waals surface area contributed by atoms with E-state index in [1.165, 1.54) is 55.7 Å². The molecule has 0 spiro atoms. The Hall–Kier alpha value is -6.33. The van der Waals surface area contributed by atoms with Gasteiger partial charge in [0.1, 0.15) is 24.0 Å². The van der Waals surface area contributed by atoms with Gasteiger partial charge in [-0.25, -0.2) is 4.98 Å². The first-order valence-corrected chi connectivity index (χ1v) is 22.1. The molecule has 0 aliphatic carbocycles. The zero-order chi connectivity index (χ0) is 43.8. The molecule has 2 aromatic heterocycles. The summed E-state index contributed by atoms with van der Waals surface area (Å²) in [6.07, 6.45) is 1.94. The smallest absolute Gasteiger partial charge is 0.137 e. The summed E-state index contributed by atoms with van der Waals surface area (Å²) in [4.78, 5) is 9.87. The average molecular weight is 817 g/mol. The first-order valence-electron chi connectivity index (χ1n) is 22.1. The number of rotatable bonds is 7. The molecule has 1 aliphatic heterocycles. The fourth-order valence-electron chi connectivity index (χ4n) is 9.03. The number of ether oxygens (including phenoxy) is 1. The van der Waals surface area contributed by atoms with Gasteiger partial charge in [0.25, 0.3) is 0 Å². The summed E-state index contributed by atoms with van der Waals surface area (Å²) >= 11 is 0. The molecule has 5 nitrogen and oxygen atoms in total. The van der Waals surface area contributed by atoms with Gasteiger partial charge in [-0.1, -0.05) is 149 Å². The minimum absolute atomic E-state index is 0.0150. The molecule has 0 bridgehead atoms. The molecule has 0 saturated carbocycles. The van der Waals surface area contributed by atoms with Gasteiger partial charge in [-0.2, -0.15) is 0 Å². The van der Waals surface area contributed by atoms with E-state index in [1.54, 1.807) is 0 Å². The maximum Gasteiger partial charge on any atom is 0.137 e. The van der Waals surface area contributed by atoms with Crippen LogP contribution >= 0.6 is 0 Å². The van der Waals surface area contributed by atoms with Crippen LogP contribution in [0.1, 0.15) is 104 Å². The molecular weight excluding hydrogens is 757 g/mol. The summed E-state index contributed by atoms with van der Waals surface area (Å²) in [5.41, 5.74) is 12.8. The van der Waals surface area contributed by atoms with Gasteiger partial charge in [-0.3, -0.25) is 4.57 Å². The minimum atomic E-state index is -0.351. The Kier molecular flexibility index (Phi) is 9.89. The van der Waals surface area contributed by atoms with Crippen LogP contribution in [-0.2, 0) is 21.7 Å². The Morgan fingerprint density at radius 1 is 0.468 bits per heavy atom. The summed E-state index contributed by atoms with van der Waals surface area (Å²) in [5.74, 6) is 2.45. The molecule has 0 saturated heterocycles. The number of anilines is 4. The van der Waals surface area contributed by atoms with Gasteiger partial charge >= 0.3 is 0 Å². The standard InChI is InChI=1S/C57H60N4O/c1-54(2,3)39-28-29-58-52(33-39)61-48-25-16-15-24-46(48)53-47(57(10,11)38-20-13-12-14-21-38)35-45(36-51(53)61)62-44-23-19-22-42(34-44)59-37-60(50-27-18-17-26-49(50)59)43-31-40(55(4,5)6)30-41(32-43)56(7,8)9/h12-36H,37H2,1-11H3. The molecule has 5 heteroatoms. The predicted octanol–water partition coefficient (Wildman–Crippen LogP) is 15.4. The molecule has 3 heterocycles. The molecule has 0 atom stereocenters. The van der Waals surface area contributed by atoms with Crippen LogP contribution in [0, 0.1) is 0 Å². The summed E-state index contributed by atoms with van der Waals surface area (Å²) in [5, 5.41) is 2.40. The van der Waals surface area contributed by atoms with Crippen molar-refractivity contribution in [2.45, 2.75) is 97.8 Å². The van der Waals surface area contributed by atoms with Crippen molar-refractivity contribution in [1.29, 1.82) is 0 Å². The SMILES string of the molecule is CC(C)(C)c1cc(N2CN(c3cccc(Oc4cc(C(C)(C)c5ccccc5)c5c6ccccc6n(-c6cc(C(C)(C)C)ccn6)c5c4)c3)c3ccccc32)cc(C(C)(C)C)c1. The van der Waals surface area contributed by atoms with Crippen molar-refractivity contribution < 1.29 is 4.74 Å². The van der Waals surface area contributed by atoms with Gasteiger partial charge in [-0.15, -0.1) is 0 Å². The second-order valence-electron chi connectivity index (χ2n) is 20.7. The van der Waals surface area contributed by atoms with Crippen LogP contribution < -0.4 is 14.5 Å². The van der Waals surface area contributed by atoms with Crippen molar-refractivity contribution in [2.75, 3.05) is 16.5 Å². The summed E-state index contributed by atoms with van der Waals surface area (Å²) < 4.78 is 9.38. The quantitative estimate of drug-likeness (QED) is 0.160. The molecule has 314 valence electrons. The lowest BCUT2D eigenvalue weighted by Crippen LogP contribution is -2.25. The van der Waals surface area contributed by atoms with Crippen molar-refractivity contribution in [1.82, 2.24) is 9.55 Å². The highest BCUT2D eigenvalue weighted by Crippen LogP contribution is 2.48. The Labute approximate surface area is 368 Å². The molecule has 0 N–H and O–H groups in total. The topological polar surface area (TPSA) is 33.5 Å². The third kappa shape index (κ3) is 7.42. The number of aromatic nitrogens is 2. The average Bonchev–Trinajstić information content (AvgIpc) is 3.79. The zero-order valence-electron chi connectivity index (χ0n) is 38.3. The van der Waals surface area contributed by atoms with Gasteiger partial charge in [0, 0.05) is 45.9 Å². The Bertz CT molecular complexity index is 2920. The Morgan fingerprint density at radius 3 is 1.74 bits per heavy atom. The van der Waals surface area contributed by atoms with Gasteiger partial charge in [0.05, 0.1) is 22.4 Å². The molecule has 1 aliphatic rings. The van der Waals surface area contributed by atoms with E-state index < -0.39 is 0 Å². The number of hydrogen-bond donors (Lipinski definition) is 0. The lowest BCUT2D eigenvalue weighted by atomic mass is 9.76. The van der Waals surface area contributed by atoms with Crippen molar-refractivity contribution in [3.8, 4) is 17.3 Å². The van der Waals surface area contributed by atoms with Crippen LogP contribution in [0.2, 0.25) is 0 Å². The van der Waals surface area contributed by atoms with Crippen molar-refractivity contribution in [3.05, 3.63) is 180 Å². The monoisotopic (exact) mass is 816 g/mol. The van der Waals surface area contributed by atoms with Crippen molar-refractivity contribution in [2.24, 2.45) is 0 Å². The molecule has 0 fully saturated rings. The molecule has 0 radical (unpaired) electrons. The summed E-state index contributed by atoms with van der Waals surface area (Å²) in [7, 11) is 0. The molecule has 9 rings (SSSR count). The second kappa shape index (κ2) is 14.9. The molecule has 8 aromatic rings. The highest BCUT2D eigenvalue weighted by Gasteiger charge is 2.32. The Balaban J connectivity index is 1.17. The molecule has 62 heavy (non-hydrogen) atoms. The number of nitrogens with zero attached hydrogens (tertiary/aromatic N) is 4. The van der Waals surface area contributed by atoms with Crippen LogP contribution in [-0.4, -0.2) is 16.2 Å². The van der Waals surface area contributed by atoms with Gasteiger partial charge in [0.2, 0.25) is 0 Å². The summed E-state index contributed by atoms with van der Waals surface area (Å²) in [6, 6.07) is 52.9. The lowest BCUT2D eigenvalue weighted by molar-refractivity contribution is 0.481. The number of hydrogen-bond acceptors (Lipinski definition) is 4. The zero-order valence-corrected chi connectivity index (χ0v) is 38.3. The maximum absolute atomic E-state index is 7.06. The Morgan fingerprint density at radius 2 is 1.08 bits per heavy atom. The molecule has 0 unspecified atom stereocenters. The van der Waals surface area contributed by atoms with Crippen molar-refractivity contribution in [3.63, 3.8) is 0 Å². The second-order valence-corrected chi connectivity index (χ2v) is 20.7. The fourth-order valence-corrected chi connectivity index (χ4v) is 9.03. The predicted molar refractivity (Wildman–Crippen MR) is 262 cm³/mol. The lowest BCUT2D eigenvalue weighted by Gasteiger charge is -2.29. The summed E-state index contributed by atoms with van der Waals surface area (Å²) in [6.45, 7) is 25.9. The van der Waals surface area contributed by atoms with E-state index in [0.29, 0.717) is 6.67 Å². The van der Waals surface area contributed by atoms with Crippen LogP contribution in [0.5, 0.6) is 11.5 Å². The van der Waals surface area contributed by atoms with Crippen LogP contribution in [0.25, 0.3) is 27.6 Å². The van der Waals surface area contributed by atoms with Crippen LogP contribution in [0.3, 0.4) is 0 Å². The third-order valence-electron chi connectivity index (χ3n) is 12.8. The van der Waals surface area contributed by atoms with E-state index in [4.69, 9.17) is 9.72 Å². The number of pyridine rings is 1. The first kappa shape index (κ1) is 41.0. The largest absolute Gasteiger partial charge is 0.457 e. The van der Waals surface area contributed by atoms with Gasteiger partial charge < -0.3 is 14.5 Å². The van der Waals surface area contributed by atoms with E-state index in [-0.39, 0.29) is 21.7 Å². The highest BCUT2D eigenvalue weighted by molar-refractivity contribution is 6.11. The van der Waals surface area contributed by atoms with Crippen LogP contribution in [0.15, 0.2) is 152 Å². The van der Waals surface area contributed by atoms with E-state index in [0.717, 1.165) is 34.0 Å². The van der Waals surface area contributed by atoms with Gasteiger partial charge in [0.15, 0.2) is 0 Å². The van der Waals surface area contributed by atoms with E-state index in [1.807, 2.05) is 6.20 Å². The molecule has 0 amide bonds. The first-order chi connectivity index (χ1) is 29.4. The number of fused-ring (bicyclic) bond motifs is 4.